The number of fused-ring (bicyclic) bond motifs is 1. The quantitative estimate of drug-likeness (QED) is 0.720. The monoisotopic (exact) mass is 393 g/mol. The van der Waals surface area contributed by atoms with E-state index >= 15 is 0 Å². The maximum absolute atomic E-state index is 12.4. The van der Waals surface area contributed by atoms with E-state index < -0.39 is 16.1 Å². The van der Waals surface area contributed by atoms with Crippen molar-refractivity contribution in [3.8, 4) is 0 Å². The molecule has 1 aliphatic rings. The second-order valence-electron chi connectivity index (χ2n) is 6.59. The van der Waals surface area contributed by atoms with Gasteiger partial charge in [-0.1, -0.05) is 18.2 Å². The lowest BCUT2D eigenvalue weighted by atomic mass is 9.99. The van der Waals surface area contributed by atoms with Gasteiger partial charge in [0.15, 0.2) is 0 Å². The first-order valence-electron chi connectivity index (χ1n) is 8.84. The van der Waals surface area contributed by atoms with E-state index in [0.717, 1.165) is 16.5 Å². The van der Waals surface area contributed by atoms with E-state index in [0.29, 0.717) is 19.3 Å². The van der Waals surface area contributed by atoms with Crippen molar-refractivity contribution in [3.05, 3.63) is 36.0 Å². The topological polar surface area (TPSA) is 109 Å². The number of carbonyl (C=O) groups is 2. The van der Waals surface area contributed by atoms with Crippen LogP contribution in [0.3, 0.4) is 0 Å². The Balaban J connectivity index is 1.53. The van der Waals surface area contributed by atoms with Gasteiger partial charge in [0.2, 0.25) is 5.91 Å². The molecule has 3 rings (SSSR count). The summed E-state index contributed by atoms with van der Waals surface area (Å²) in [5.74, 6) is -1.16. The van der Waals surface area contributed by atoms with E-state index in [4.69, 9.17) is 4.74 Å². The molecule has 0 bridgehead atoms. The highest BCUT2D eigenvalue weighted by molar-refractivity contribution is 7.87. The molecule has 9 heteroatoms. The van der Waals surface area contributed by atoms with Crippen molar-refractivity contribution in [1.82, 2.24) is 14.0 Å². The van der Waals surface area contributed by atoms with E-state index in [9.17, 15) is 18.0 Å². The molecule has 0 spiro atoms. The number of H-pyrrole nitrogens is 1. The highest BCUT2D eigenvalue weighted by atomic mass is 32.2. The number of aromatic nitrogens is 1. The number of ether oxygens (including phenoxy) is 1. The molecule has 2 aromatic rings. The second-order valence-corrected chi connectivity index (χ2v) is 8.26. The number of nitrogens with one attached hydrogen (secondary N) is 2. The third-order valence-corrected chi connectivity index (χ3v) is 6.40. The summed E-state index contributed by atoms with van der Waals surface area (Å²) >= 11 is 0. The lowest BCUT2D eigenvalue weighted by molar-refractivity contribution is -0.146. The van der Waals surface area contributed by atoms with Crippen LogP contribution in [-0.4, -0.2) is 49.8 Å². The van der Waals surface area contributed by atoms with Gasteiger partial charge in [-0.05, 0) is 30.9 Å². The van der Waals surface area contributed by atoms with Gasteiger partial charge in [-0.3, -0.25) is 9.59 Å². The van der Waals surface area contributed by atoms with E-state index in [1.54, 1.807) is 0 Å². The van der Waals surface area contributed by atoms with E-state index in [2.05, 4.69) is 9.71 Å². The van der Waals surface area contributed by atoms with E-state index in [1.807, 2.05) is 30.5 Å². The zero-order chi connectivity index (χ0) is 19.4. The van der Waals surface area contributed by atoms with Gasteiger partial charge < -0.3 is 9.72 Å². The molecule has 2 heterocycles. The lowest BCUT2D eigenvalue weighted by Crippen LogP contribution is -2.47. The van der Waals surface area contributed by atoms with E-state index in [1.165, 1.54) is 11.4 Å². The van der Waals surface area contributed by atoms with Crippen LogP contribution in [0.1, 0.15) is 24.8 Å². The summed E-state index contributed by atoms with van der Waals surface area (Å²) in [6.07, 6.45) is 3.12. The molecule has 1 saturated heterocycles. The molecule has 146 valence electrons. The molecule has 0 aliphatic carbocycles. The van der Waals surface area contributed by atoms with Crippen LogP contribution in [0.4, 0.5) is 0 Å². The maximum Gasteiger partial charge on any atom is 0.308 e. The Morgan fingerprint density at radius 3 is 2.67 bits per heavy atom. The van der Waals surface area contributed by atoms with Gasteiger partial charge >= 0.3 is 16.2 Å². The molecule has 1 amide bonds. The molecule has 2 N–H and O–H groups in total. The van der Waals surface area contributed by atoms with Crippen molar-refractivity contribution >= 4 is 33.0 Å². The van der Waals surface area contributed by atoms with Crippen molar-refractivity contribution in [3.63, 3.8) is 0 Å². The van der Waals surface area contributed by atoms with Gasteiger partial charge in [0.25, 0.3) is 0 Å². The molecule has 27 heavy (non-hydrogen) atoms. The normalized spacial score (nSPS) is 16.3. The minimum Gasteiger partial charge on any atom is -0.469 e. The highest BCUT2D eigenvalue weighted by Gasteiger charge is 2.32. The number of piperidine rings is 1. The zero-order valence-corrected chi connectivity index (χ0v) is 15.9. The molecule has 1 aromatic carbocycles. The number of nitrogens with zero attached hydrogens (tertiary/aromatic N) is 1. The Morgan fingerprint density at radius 1 is 1.26 bits per heavy atom. The number of carbonyl (C=O) groups excluding carboxylic acids is 2. The average molecular weight is 393 g/mol. The number of aromatic amines is 1. The van der Waals surface area contributed by atoms with Crippen LogP contribution >= 0.6 is 0 Å². The van der Waals surface area contributed by atoms with Gasteiger partial charge in [-0.15, -0.1) is 0 Å². The van der Waals surface area contributed by atoms with Crippen LogP contribution in [0.25, 0.3) is 10.9 Å². The average Bonchev–Trinajstić information content (AvgIpc) is 3.08. The molecule has 1 aromatic heterocycles. The fourth-order valence-corrected chi connectivity index (χ4v) is 4.56. The summed E-state index contributed by atoms with van der Waals surface area (Å²) in [6.45, 7) is 0.371. The number of esters is 1. The van der Waals surface area contributed by atoms with Crippen LogP contribution in [0.5, 0.6) is 0 Å². The first-order valence-corrected chi connectivity index (χ1v) is 10.3. The number of para-hydroxylation sites is 1. The first-order chi connectivity index (χ1) is 12.9. The summed E-state index contributed by atoms with van der Waals surface area (Å²) in [7, 11) is -2.58. The summed E-state index contributed by atoms with van der Waals surface area (Å²) in [4.78, 5) is 26.8. The van der Waals surface area contributed by atoms with E-state index in [-0.39, 0.29) is 31.4 Å². The SMILES string of the molecule is COC(=O)C1CCN(S(=O)(=O)NC(=O)CCc2c[nH]c3ccccc23)CC1. The Bertz CT molecular complexity index is 929. The molecule has 0 saturated carbocycles. The summed E-state index contributed by atoms with van der Waals surface area (Å²) in [6, 6.07) is 7.75. The molecular weight excluding hydrogens is 370 g/mol. The van der Waals surface area contributed by atoms with Crippen LogP contribution in [-0.2, 0) is 31.0 Å². The minimum absolute atomic E-state index is 0.0692. The van der Waals surface area contributed by atoms with Crippen LogP contribution in [0, 0.1) is 5.92 Å². The van der Waals surface area contributed by atoms with Crippen molar-refractivity contribution in [2.75, 3.05) is 20.2 Å². The van der Waals surface area contributed by atoms with Crippen LogP contribution in [0.2, 0.25) is 0 Å². The van der Waals surface area contributed by atoms with Crippen LogP contribution < -0.4 is 4.72 Å². The Kier molecular flexibility index (Phi) is 5.81. The number of benzene rings is 1. The Hall–Kier alpha value is -2.39. The zero-order valence-electron chi connectivity index (χ0n) is 15.1. The van der Waals surface area contributed by atoms with Gasteiger partial charge in [0.05, 0.1) is 13.0 Å². The van der Waals surface area contributed by atoms with Gasteiger partial charge in [0.1, 0.15) is 0 Å². The molecule has 0 atom stereocenters. The summed E-state index contributed by atoms with van der Waals surface area (Å²) in [5, 5.41) is 1.03. The fraction of sp³-hybridized carbons (Fsp3) is 0.444. The number of hydrogen-bond donors (Lipinski definition) is 2. The van der Waals surface area contributed by atoms with Crippen molar-refractivity contribution in [2.24, 2.45) is 5.92 Å². The maximum atomic E-state index is 12.4. The van der Waals surface area contributed by atoms with Crippen molar-refractivity contribution in [2.45, 2.75) is 25.7 Å². The predicted molar refractivity (Wildman–Crippen MR) is 100.0 cm³/mol. The predicted octanol–water partition coefficient (Wildman–Crippen LogP) is 1.35. The van der Waals surface area contributed by atoms with Gasteiger partial charge in [0, 0.05) is 36.6 Å². The standard InChI is InChI=1S/C18H23N3O5S/c1-26-18(23)13-8-10-21(11-9-13)27(24,25)20-17(22)7-6-14-12-19-16-5-3-2-4-15(14)16/h2-5,12-13,19H,6-11H2,1H3,(H,20,22). The number of amides is 1. The smallest absolute Gasteiger partial charge is 0.308 e. The molecule has 1 aliphatic heterocycles. The van der Waals surface area contributed by atoms with Crippen molar-refractivity contribution in [1.29, 1.82) is 0 Å². The molecule has 0 unspecified atom stereocenters. The number of aryl methyl sites for hydroxylation is 1. The third-order valence-electron chi connectivity index (χ3n) is 4.87. The third kappa shape index (κ3) is 4.48. The number of hydrogen-bond acceptors (Lipinski definition) is 5. The highest BCUT2D eigenvalue weighted by Crippen LogP contribution is 2.21. The number of rotatable bonds is 6. The fourth-order valence-electron chi connectivity index (χ4n) is 3.34. The number of methoxy groups -OCH3 is 1. The Labute approximate surface area is 158 Å². The van der Waals surface area contributed by atoms with Gasteiger partial charge in [-0.2, -0.15) is 12.7 Å². The van der Waals surface area contributed by atoms with Crippen molar-refractivity contribution < 1.29 is 22.7 Å². The molecular formula is C18H23N3O5S. The second kappa shape index (κ2) is 8.10. The first kappa shape index (κ1) is 19.4. The summed E-state index contributed by atoms with van der Waals surface area (Å²) < 4.78 is 32.8. The Morgan fingerprint density at radius 2 is 1.96 bits per heavy atom. The minimum atomic E-state index is -3.90. The van der Waals surface area contributed by atoms with Gasteiger partial charge in [-0.25, -0.2) is 4.72 Å². The molecule has 8 nitrogen and oxygen atoms in total. The lowest BCUT2D eigenvalue weighted by Gasteiger charge is -2.29. The summed E-state index contributed by atoms with van der Waals surface area (Å²) in [5.41, 5.74) is 1.95. The largest absolute Gasteiger partial charge is 0.469 e. The molecule has 1 fully saturated rings. The van der Waals surface area contributed by atoms with Crippen LogP contribution in [0.15, 0.2) is 30.5 Å². The molecule has 0 radical (unpaired) electrons.